The van der Waals surface area contributed by atoms with Gasteiger partial charge in [0, 0.05) is 30.7 Å². The highest BCUT2D eigenvalue weighted by atomic mass is 79.9. The average Bonchev–Trinajstić information content (AvgIpc) is 2.22. The Morgan fingerprint density at radius 1 is 1.50 bits per heavy atom. The number of phenols is 1. The number of halogens is 1. The third kappa shape index (κ3) is 3.83. The molecule has 0 aliphatic heterocycles. The summed E-state index contributed by atoms with van der Waals surface area (Å²) in [6.07, 6.45) is 0. The van der Waals surface area contributed by atoms with Gasteiger partial charge in [0.1, 0.15) is 5.75 Å². The van der Waals surface area contributed by atoms with Crippen LogP contribution < -0.4 is 5.32 Å². The lowest BCUT2D eigenvalue weighted by molar-refractivity contribution is -0.127. The number of nitrogens with one attached hydrogen (secondary N) is 1. The molecule has 1 aromatic carbocycles. The first kappa shape index (κ1) is 13.0. The topological polar surface area (TPSA) is 52.6 Å². The van der Waals surface area contributed by atoms with Gasteiger partial charge in [0.2, 0.25) is 5.91 Å². The van der Waals surface area contributed by atoms with Crippen LogP contribution in [0.4, 0.5) is 0 Å². The summed E-state index contributed by atoms with van der Waals surface area (Å²) >= 11 is 3.33. The number of hydrogen-bond donors (Lipinski definition) is 2. The van der Waals surface area contributed by atoms with Gasteiger partial charge in [-0.05, 0) is 18.2 Å². The Kier molecular flexibility index (Phi) is 4.76. The van der Waals surface area contributed by atoms with Gasteiger partial charge in [0.15, 0.2) is 0 Å². The number of phenolic OH excluding ortho intramolecular Hbond substituents is 1. The number of amides is 1. The van der Waals surface area contributed by atoms with E-state index in [-0.39, 0.29) is 18.2 Å². The number of rotatable bonds is 4. The van der Waals surface area contributed by atoms with Gasteiger partial charge >= 0.3 is 0 Å². The molecule has 1 rings (SSSR count). The van der Waals surface area contributed by atoms with Gasteiger partial charge in [-0.25, -0.2) is 0 Å². The third-order valence-corrected chi connectivity index (χ3v) is 2.63. The van der Waals surface area contributed by atoms with Gasteiger partial charge in [-0.15, -0.1) is 0 Å². The van der Waals surface area contributed by atoms with Crippen molar-refractivity contribution in [3.63, 3.8) is 0 Å². The van der Waals surface area contributed by atoms with Crippen LogP contribution in [0, 0.1) is 0 Å². The summed E-state index contributed by atoms with van der Waals surface area (Å²) in [4.78, 5) is 12.8. The van der Waals surface area contributed by atoms with Crippen molar-refractivity contribution >= 4 is 21.8 Å². The standard InChI is InChI=1S/C11H15BrN2O2/c1-14(2)11(16)7-13-6-8-5-9(12)3-4-10(8)15/h3-5,13,15H,6-7H2,1-2H3. The van der Waals surface area contributed by atoms with E-state index in [9.17, 15) is 9.90 Å². The number of carbonyl (C=O) groups excluding carboxylic acids is 1. The van der Waals surface area contributed by atoms with E-state index in [2.05, 4.69) is 21.2 Å². The summed E-state index contributed by atoms with van der Waals surface area (Å²) in [5, 5.41) is 12.5. The van der Waals surface area contributed by atoms with Crippen molar-refractivity contribution in [2.24, 2.45) is 0 Å². The molecule has 1 aromatic rings. The second-order valence-electron chi connectivity index (χ2n) is 3.66. The molecule has 0 saturated carbocycles. The minimum atomic E-state index is 0.00878. The van der Waals surface area contributed by atoms with Crippen molar-refractivity contribution in [3.05, 3.63) is 28.2 Å². The summed E-state index contributed by atoms with van der Waals surface area (Å²) in [6.45, 7) is 0.726. The van der Waals surface area contributed by atoms with Crippen LogP contribution in [0.25, 0.3) is 0 Å². The zero-order valence-corrected chi connectivity index (χ0v) is 10.9. The first-order valence-corrected chi connectivity index (χ1v) is 5.68. The van der Waals surface area contributed by atoms with E-state index in [4.69, 9.17) is 0 Å². The predicted octanol–water partition coefficient (Wildman–Crippen LogP) is 1.33. The molecule has 0 heterocycles. The molecule has 2 N–H and O–H groups in total. The fourth-order valence-electron chi connectivity index (χ4n) is 1.16. The highest BCUT2D eigenvalue weighted by Gasteiger charge is 2.05. The van der Waals surface area contributed by atoms with Crippen LogP contribution >= 0.6 is 15.9 Å². The van der Waals surface area contributed by atoms with E-state index >= 15 is 0 Å². The predicted molar refractivity (Wildman–Crippen MR) is 66.2 cm³/mol. The number of aromatic hydroxyl groups is 1. The van der Waals surface area contributed by atoms with E-state index in [0.717, 1.165) is 10.0 Å². The third-order valence-electron chi connectivity index (χ3n) is 2.13. The Labute approximate surface area is 103 Å². The molecule has 0 aromatic heterocycles. The number of carbonyl (C=O) groups is 1. The molecule has 0 unspecified atom stereocenters. The summed E-state index contributed by atoms with van der Waals surface area (Å²) in [5.41, 5.74) is 0.765. The van der Waals surface area contributed by atoms with Gasteiger partial charge in [-0.3, -0.25) is 4.79 Å². The van der Waals surface area contributed by atoms with E-state index < -0.39 is 0 Å². The van der Waals surface area contributed by atoms with E-state index in [0.29, 0.717) is 6.54 Å². The van der Waals surface area contributed by atoms with Gasteiger partial charge < -0.3 is 15.3 Å². The molecule has 88 valence electrons. The second kappa shape index (κ2) is 5.86. The monoisotopic (exact) mass is 286 g/mol. The highest BCUT2D eigenvalue weighted by molar-refractivity contribution is 9.10. The molecular formula is C11H15BrN2O2. The summed E-state index contributed by atoms with van der Waals surface area (Å²) in [7, 11) is 3.42. The van der Waals surface area contributed by atoms with Crippen molar-refractivity contribution < 1.29 is 9.90 Å². The Balaban J connectivity index is 2.49. The zero-order chi connectivity index (χ0) is 12.1. The molecule has 0 aliphatic carbocycles. The summed E-state index contributed by atoms with van der Waals surface area (Å²) < 4.78 is 0.904. The maximum Gasteiger partial charge on any atom is 0.236 e. The molecule has 1 amide bonds. The van der Waals surface area contributed by atoms with Crippen LogP contribution in [0.3, 0.4) is 0 Å². The van der Waals surface area contributed by atoms with Crippen molar-refractivity contribution in [1.29, 1.82) is 0 Å². The summed E-state index contributed by atoms with van der Waals surface area (Å²) in [5.74, 6) is 0.238. The largest absolute Gasteiger partial charge is 0.508 e. The van der Waals surface area contributed by atoms with Crippen molar-refractivity contribution in [2.45, 2.75) is 6.54 Å². The van der Waals surface area contributed by atoms with Gasteiger partial charge in [-0.1, -0.05) is 15.9 Å². The lowest BCUT2D eigenvalue weighted by Crippen LogP contribution is -2.32. The van der Waals surface area contributed by atoms with Crippen LogP contribution in [0.15, 0.2) is 22.7 Å². The average molecular weight is 287 g/mol. The Bertz CT molecular complexity index is 380. The minimum absolute atomic E-state index is 0.00878. The number of likely N-dealkylation sites (N-methyl/N-ethyl adjacent to an activating group) is 1. The lowest BCUT2D eigenvalue weighted by Gasteiger charge is -2.11. The van der Waals surface area contributed by atoms with Crippen LogP contribution in [-0.2, 0) is 11.3 Å². The SMILES string of the molecule is CN(C)C(=O)CNCc1cc(Br)ccc1O. The molecule has 0 radical (unpaired) electrons. The van der Waals surface area contributed by atoms with E-state index in [1.165, 1.54) is 4.90 Å². The summed E-state index contributed by atoms with van der Waals surface area (Å²) in [6, 6.07) is 5.21. The van der Waals surface area contributed by atoms with Crippen LogP contribution in [0.1, 0.15) is 5.56 Å². The molecule has 5 heteroatoms. The molecule has 0 aliphatic rings. The van der Waals surface area contributed by atoms with Gasteiger partial charge in [-0.2, -0.15) is 0 Å². The molecule has 4 nitrogen and oxygen atoms in total. The quantitative estimate of drug-likeness (QED) is 0.878. The lowest BCUT2D eigenvalue weighted by atomic mass is 10.2. The van der Waals surface area contributed by atoms with Gasteiger partial charge in [0.05, 0.1) is 6.54 Å². The number of nitrogens with zero attached hydrogens (tertiary/aromatic N) is 1. The number of hydrogen-bond acceptors (Lipinski definition) is 3. The Hall–Kier alpha value is -1.07. The first-order chi connectivity index (χ1) is 7.50. The maximum atomic E-state index is 11.3. The minimum Gasteiger partial charge on any atom is -0.508 e. The molecule has 0 spiro atoms. The molecule has 0 bridgehead atoms. The molecule has 0 saturated heterocycles. The Morgan fingerprint density at radius 3 is 2.81 bits per heavy atom. The fraction of sp³-hybridized carbons (Fsp3) is 0.364. The van der Waals surface area contributed by atoms with Crippen molar-refractivity contribution in [3.8, 4) is 5.75 Å². The second-order valence-corrected chi connectivity index (χ2v) is 4.58. The Morgan fingerprint density at radius 2 is 2.19 bits per heavy atom. The first-order valence-electron chi connectivity index (χ1n) is 4.89. The maximum absolute atomic E-state index is 11.3. The number of benzene rings is 1. The van der Waals surface area contributed by atoms with Crippen LogP contribution in [0.5, 0.6) is 5.75 Å². The van der Waals surface area contributed by atoms with Crippen LogP contribution in [0.2, 0.25) is 0 Å². The highest BCUT2D eigenvalue weighted by Crippen LogP contribution is 2.21. The van der Waals surface area contributed by atoms with Crippen molar-refractivity contribution in [2.75, 3.05) is 20.6 Å². The zero-order valence-electron chi connectivity index (χ0n) is 9.33. The molecular weight excluding hydrogens is 272 g/mol. The fourth-order valence-corrected chi connectivity index (χ4v) is 1.57. The van der Waals surface area contributed by atoms with Crippen LogP contribution in [-0.4, -0.2) is 36.6 Å². The molecule has 0 fully saturated rings. The van der Waals surface area contributed by atoms with E-state index in [1.807, 2.05) is 6.07 Å². The normalized spacial score (nSPS) is 10.2. The van der Waals surface area contributed by atoms with E-state index in [1.54, 1.807) is 26.2 Å². The molecule has 16 heavy (non-hydrogen) atoms. The molecule has 0 atom stereocenters. The van der Waals surface area contributed by atoms with Gasteiger partial charge in [0.25, 0.3) is 0 Å². The smallest absolute Gasteiger partial charge is 0.236 e. The van der Waals surface area contributed by atoms with Crippen molar-refractivity contribution in [1.82, 2.24) is 10.2 Å².